The van der Waals surface area contributed by atoms with Crippen LogP contribution in [0.25, 0.3) is 0 Å². The quantitative estimate of drug-likeness (QED) is 0.492. The Kier molecular flexibility index (Phi) is 9.22. The molecule has 6 nitrogen and oxygen atoms in total. The molecule has 4 N–H and O–H groups in total. The van der Waals surface area contributed by atoms with Crippen LogP contribution in [0.2, 0.25) is 0 Å². The van der Waals surface area contributed by atoms with Crippen LogP contribution in [0.15, 0.2) is 0 Å². The fourth-order valence-electron chi connectivity index (χ4n) is 1.56. The molecular formula is C12H24N2O4. The number of nitrogens with one attached hydrogen (secondary N) is 1. The monoisotopic (exact) mass is 260 g/mol. The van der Waals surface area contributed by atoms with Gasteiger partial charge in [0.25, 0.3) is 0 Å². The lowest BCUT2D eigenvalue weighted by atomic mass is 10.0. The summed E-state index contributed by atoms with van der Waals surface area (Å²) in [5.41, 5.74) is 5.70. The minimum Gasteiger partial charge on any atom is -0.481 e. The van der Waals surface area contributed by atoms with Crippen molar-refractivity contribution in [1.29, 1.82) is 0 Å². The molecule has 6 heteroatoms. The Morgan fingerprint density at radius 2 is 2.11 bits per heavy atom. The van der Waals surface area contributed by atoms with Crippen LogP contribution in [0.1, 0.15) is 32.6 Å². The summed E-state index contributed by atoms with van der Waals surface area (Å²) in [6.07, 6.45) is 2.08. The summed E-state index contributed by atoms with van der Waals surface area (Å²) < 4.78 is 4.88. The van der Waals surface area contributed by atoms with Crippen LogP contribution in [0.5, 0.6) is 0 Å². The number of carboxylic acid groups (broad SMARTS) is 1. The third-order valence-corrected chi connectivity index (χ3v) is 2.81. The molecule has 1 amide bonds. The Morgan fingerprint density at radius 3 is 2.61 bits per heavy atom. The number of hydrogen-bond donors (Lipinski definition) is 3. The lowest BCUT2D eigenvalue weighted by Crippen LogP contribution is -2.42. The van der Waals surface area contributed by atoms with Gasteiger partial charge in [-0.25, -0.2) is 0 Å². The zero-order valence-corrected chi connectivity index (χ0v) is 11.1. The van der Waals surface area contributed by atoms with Crippen molar-refractivity contribution in [2.45, 2.75) is 38.6 Å². The van der Waals surface area contributed by atoms with Gasteiger partial charge in [0.1, 0.15) is 0 Å². The van der Waals surface area contributed by atoms with E-state index in [2.05, 4.69) is 5.32 Å². The molecule has 0 rings (SSSR count). The van der Waals surface area contributed by atoms with Crippen molar-refractivity contribution in [2.24, 2.45) is 11.7 Å². The lowest BCUT2D eigenvalue weighted by molar-refractivity contribution is -0.138. The zero-order chi connectivity index (χ0) is 14.0. The SMILES string of the molecule is CCC(CNC(=O)C(N)CCCOC)CC(=O)O. The molecule has 0 radical (unpaired) electrons. The van der Waals surface area contributed by atoms with Gasteiger partial charge >= 0.3 is 5.97 Å². The van der Waals surface area contributed by atoms with E-state index in [0.717, 1.165) is 6.42 Å². The minimum atomic E-state index is -0.847. The standard InChI is InChI=1S/C12H24N2O4/c1-3-9(7-11(15)16)8-14-12(17)10(13)5-4-6-18-2/h9-10H,3-8,13H2,1-2H3,(H,14,17)(H,15,16). The summed E-state index contributed by atoms with van der Waals surface area (Å²) in [6.45, 7) is 2.84. The van der Waals surface area contributed by atoms with E-state index in [0.29, 0.717) is 26.0 Å². The predicted molar refractivity (Wildman–Crippen MR) is 68.1 cm³/mol. The second-order valence-corrected chi connectivity index (χ2v) is 4.36. The maximum absolute atomic E-state index is 11.6. The molecule has 0 spiro atoms. The Bertz CT molecular complexity index is 258. The van der Waals surface area contributed by atoms with Crippen LogP contribution in [0.4, 0.5) is 0 Å². The molecule has 18 heavy (non-hydrogen) atoms. The van der Waals surface area contributed by atoms with Gasteiger partial charge < -0.3 is 20.9 Å². The number of amides is 1. The lowest BCUT2D eigenvalue weighted by Gasteiger charge is -2.16. The largest absolute Gasteiger partial charge is 0.481 e. The van der Waals surface area contributed by atoms with Crippen molar-refractivity contribution in [3.05, 3.63) is 0 Å². The molecular weight excluding hydrogens is 236 g/mol. The highest BCUT2D eigenvalue weighted by Gasteiger charge is 2.16. The molecule has 106 valence electrons. The van der Waals surface area contributed by atoms with Crippen LogP contribution in [0.3, 0.4) is 0 Å². The highest BCUT2D eigenvalue weighted by atomic mass is 16.5. The van der Waals surface area contributed by atoms with Gasteiger partial charge in [-0.2, -0.15) is 0 Å². The third kappa shape index (κ3) is 8.03. The van der Waals surface area contributed by atoms with Gasteiger partial charge in [-0.05, 0) is 18.8 Å². The van der Waals surface area contributed by atoms with E-state index in [4.69, 9.17) is 15.6 Å². The number of methoxy groups -OCH3 is 1. The summed E-state index contributed by atoms with van der Waals surface area (Å²) in [5, 5.41) is 11.4. The van der Waals surface area contributed by atoms with Crippen LogP contribution >= 0.6 is 0 Å². The number of aliphatic carboxylic acids is 1. The second-order valence-electron chi connectivity index (χ2n) is 4.36. The van der Waals surface area contributed by atoms with Crippen molar-refractivity contribution < 1.29 is 19.4 Å². The number of nitrogens with two attached hydrogens (primary N) is 1. The molecule has 0 heterocycles. The fourth-order valence-corrected chi connectivity index (χ4v) is 1.56. The number of hydrogen-bond acceptors (Lipinski definition) is 4. The van der Waals surface area contributed by atoms with Gasteiger partial charge in [0, 0.05) is 26.7 Å². The molecule has 0 aliphatic carbocycles. The molecule has 0 aromatic rings. The summed E-state index contributed by atoms with van der Waals surface area (Å²) in [6, 6.07) is -0.553. The van der Waals surface area contributed by atoms with E-state index in [1.807, 2.05) is 6.92 Å². The summed E-state index contributed by atoms with van der Waals surface area (Å²) in [7, 11) is 1.60. The summed E-state index contributed by atoms with van der Waals surface area (Å²) in [5.74, 6) is -1.12. The van der Waals surface area contributed by atoms with Gasteiger partial charge in [0.2, 0.25) is 5.91 Å². The summed E-state index contributed by atoms with van der Waals surface area (Å²) in [4.78, 5) is 22.2. The van der Waals surface area contributed by atoms with E-state index >= 15 is 0 Å². The van der Waals surface area contributed by atoms with E-state index in [1.54, 1.807) is 7.11 Å². The number of ether oxygens (including phenoxy) is 1. The van der Waals surface area contributed by atoms with Gasteiger partial charge in [-0.3, -0.25) is 9.59 Å². The normalized spacial score (nSPS) is 13.9. The number of carboxylic acids is 1. The highest BCUT2D eigenvalue weighted by molar-refractivity contribution is 5.81. The van der Waals surface area contributed by atoms with E-state index in [1.165, 1.54) is 0 Å². The maximum Gasteiger partial charge on any atom is 0.303 e. The van der Waals surface area contributed by atoms with Crippen molar-refractivity contribution in [2.75, 3.05) is 20.3 Å². The molecule has 0 saturated carbocycles. The Hall–Kier alpha value is -1.14. The van der Waals surface area contributed by atoms with Crippen molar-refractivity contribution in [1.82, 2.24) is 5.32 Å². The van der Waals surface area contributed by atoms with Gasteiger partial charge in [0.15, 0.2) is 0 Å². The number of rotatable bonds is 10. The average molecular weight is 260 g/mol. The molecule has 0 saturated heterocycles. The molecule has 0 bridgehead atoms. The van der Waals surface area contributed by atoms with Crippen molar-refractivity contribution >= 4 is 11.9 Å². The smallest absolute Gasteiger partial charge is 0.303 e. The molecule has 2 atom stereocenters. The van der Waals surface area contributed by atoms with E-state index < -0.39 is 12.0 Å². The van der Waals surface area contributed by atoms with E-state index in [9.17, 15) is 9.59 Å². The minimum absolute atomic E-state index is 0.0439. The maximum atomic E-state index is 11.6. The molecule has 0 aliphatic rings. The first kappa shape index (κ1) is 16.9. The first-order chi connectivity index (χ1) is 8.51. The van der Waals surface area contributed by atoms with Gasteiger partial charge in [-0.15, -0.1) is 0 Å². The molecule has 0 fully saturated rings. The molecule has 2 unspecified atom stereocenters. The van der Waals surface area contributed by atoms with Crippen molar-refractivity contribution in [3.63, 3.8) is 0 Å². The predicted octanol–water partition coefficient (Wildman–Crippen LogP) is 0.357. The summed E-state index contributed by atoms with van der Waals surface area (Å²) >= 11 is 0. The number of carbonyl (C=O) groups excluding carboxylic acids is 1. The fraction of sp³-hybridized carbons (Fsp3) is 0.833. The Balaban J connectivity index is 3.88. The van der Waals surface area contributed by atoms with Crippen LogP contribution < -0.4 is 11.1 Å². The first-order valence-electron chi connectivity index (χ1n) is 6.25. The van der Waals surface area contributed by atoms with Crippen molar-refractivity contribution in [3.8, 4) is 0 Å². The number of carbonyl (C=O) groups is 2. The Labute approximate surface area is 108 Å². The van der Waals surface area contributed by atoms with Gasteiger partial charge in [-0.1, -0.05) is 13.3 Å². The molecule has 0 aromatic carbocycles. The Morgan fingerprint density at radius 1 is 1.44 bits per heavy atom. The third-order valence-electron chi connectivity index (χ3n) is 2.81. The van der Waals surface area contributed by atoms with Crippen LogP contribution in [0, 0.1) is 5.92 Å². The second kappa shape index (κ2) is 9.85. The molecule has 0 aliphatic heterocycles. The van der Waals surface area contributed by atoms with Crippen LogP contribution in [-0.2, 0) is 14.3 Å². The first-order valence-corrected chi connectivity index (χ1v) is 6.25. The molecule has 0 aromatic heterocycles. The van der Waals surface area contributed by atoms with Gasteiger partial charge in [0.05, 0.1) is 6.04 Å². The average Bonchev–Trinajstić information content (AvgIpc) is 2.33. The highest BCUT2D eigenvalue weighted by Crippen LogP contribution is 2.06. The van der Waals surface area contributed by atoms with Crippen LogP contribution in [-0.4, -0.2) is 43.3 Å². The van der Waals surface area contributed by atoms with E-state index in [-0.39, 0.29) is 18.2 Å². The zero-order valence-electron chi connectivity index (χ0n) is 11.1. The topological polar surface area (TPSA) is 102 Å².